The molecule has 0 aliphatic carbocycles. The molecule has 25 heavy (non-hydrogen) atoms. The van der Waals surface area contributed by atoms with Gasteiger partial charge in [0.2, 0.25) is 0 Å². The fraction of sp³-hybridized carbons (Fsp3) is 0.111. The summed E-state index contributed by atoms with van der Waals surface area (Å²) in [6.07, 6.45) is 1.49. The molecule has 0 aromatic heterocycles. The van der Waals surface area contributed by atoms with E-state index in [-0.39, 0.29) is 5.57 Å². The number of methoxy groups -OCH3 is 2. The number of carbonyl (C=O) groups excluding carboxylic acids is 1. The minimum absolute atomic E-state index is 0.0389. The van der Waals surface area contributed by atoms with Gasteiger partial charge in [-0.1, -0.05) is 17.7 Å². The summed E-state index contributed by atoms with van der Waals surface area (Å²) in [6, 6.07) is 12.1. The molecule has 2 rings (SSSR count). The van der Waals surface area contributed by atoms with Crippen molar-refractivity contribution in [3.8, 4) is 17.6 Å². The van der Waals surface area contributed by atoms with Crippen molar-refractivity contribution in [1.82, 2.24) is 0 Å². The first kappa shape index (κ1) is 19.1. The Balaban J connectivity index is 2.32. The number of nitrogens with zero attached hydrogens (tertiary/aromatic N) is 1. The van der Waals surface area contributed by atoms with Crippen molar-refractivity contribution in [2.45, 2.75) is 0 Å². The number of rotatable bonds is 5. The summed E-state index contributed by atoms with van der Waals surface area (Å²) in [4.78, 5) is 12.3. The second-order valence-corrected chi connectivity index (χ2v) is 6.47. The van der Waals surface area contributed by atoms with E-state index in [0.717, 1.165) is 3.57 Å². The lowest BCUT2D eigenvalue weighted by Crippen LogP contribution is -2.13. The molecule has 1 amide bonds. The Morgan fingerprint density at radius 1 is 1.28 bits per heavy atom. The summed E-state index contributed by atoms with van der Waals surface area (Å²) in [5, 5.41) is 12.5. The van der Waals surface area contributed by atoms with E-state index < -0.39 is 5.91 Å². The van der Waals surface area contributed by atoms with Gasteiger partial charge in [0.15, 0.2) is 11.5 Å². The van der Waals surface area contributed by atoms with Crippen LogP contribution in [0.15, 0.2) is 42.0 Å². The molecule has 0 heterocycles. The van der Waals surface area contributed by atoms with Gasteiger partial charge in [-0.15, -0.1) is 0 Å². The predicted molar refractivity (Wildman–Crippen MR) is 106 cm³/mol. The largest absolute Gasteiger partial charge is 0.493 e. The van der Waals surface area contributed by atoms with Gasteiger partial charge in [-0.25, -0.2) is 0 Å². The molecule has 0 aliphatic rings. The normalized spacial score (nSPS) is 10.8. The molecule has 128 valence electrons. The number of amides is 1. The monoisotopic (exact) mass is 468 g/mol. The van der Waals surface area contributed by atoms with Crippen LogP contribution in [-0.2, 0) is 4.79 Å². The zero-order valence-electron chi connectivity index (χ0n) is 13.5. The van der Waals surface area contributed by atoms with Crippen molar-refractivity contribution in [2.75, 3.05) is 19.5 Å². The summed E-state index contributed by atoms with van der Waals surface area (Å²) in [5.41, 5.74) is 1.13. The minimum atomic E-state index is -0.519. The second kappa shape index (κ2) is 8.74. The number of anilines is 1. The molecule has 0 atom stereocenters. The standard InChI is InChI=1S/C18H14ClIN2O3/c1-24-16-8-11(7-15(20)17(16)25-2)6-12(10-21)18(23)22-14-5-3-4-13(19)9-14/h3-9H,1-2H3,(H,22,23)/b12-6+. The Bertz CT molecular complexity index is 875. The third-order valence-electron chi connectivity index (χ3n) is 3.21. The molecule has 0 unspecified atom stereocenters. The highest BCUT2D eigenvalue weighted by Gasteiger charge is 2.13. The molecule has 5 nitrogen and oxygen atoms in total. The van der Waals surface area contributed by atoms with E-state index >= 15 is 0 Å². The number of ether oxygens (including phenoxy) is 2. The number of nitriles is 1. The molecular formula is C18H14ClIN2O3. The van der Waals surface area contributed by atoms with Crippen LogP contribution >= 0.6 is 34.2 Å². The highest BCUT2D eigenvalue weighted by atomic mass is 127. The van der Waals surface area contributed by atoms with Crippen LogP contribution in [0.25, 0.3) is 6.08 Å². The fourth-order valence-corrected chi connectivity index (χ4v) is 3.14. The van der Waals surface area contributed by atoms with Crippen LogP contribution in [0.2, 0.25) is 5.02 Å². The molecule has 0 radical (unpaired) electrons. The SMILES string of the molecule is COc1cc(/C=C(\C#N)C(=O)Nc2cccc(Cl)c2)cc(I)c1OC. The summed E-state index contributed by atoms with van der Waals surface area (Å²) in [7, 11) is 3.08. The summed E-state index contributed by atoms with van der Waals surface area (Å²) in [5.74, 6) is 0.602. The quantitative estimate of drug-likeness (QED) is 0.398. The number of halogens is 2. The molecule has 0 spiro atoms. The van der Waals surface area contributed by atoms with Crippen molar-refractivity contribution < 1.29 is 14.3 Å². The van der Waals surface area contributed by atoms with Gasteiger partial charge < -0.3 is 14.8 Å². The van der Waals surface area contributed by atoms with Gasteiger partial charge in [0.1, 0.15) is 11.6 Å². The molecule has 1 N–H and O–H groups in total. The van der Waals surface area contributed by atoms with Crippen LogP contribution in [0.1, 0.15) is 5.56 Å². The van der Waals surface area contributed by atoms with E-state index in [1.165, 1.54) is 13.2 Å². The van der Waals surface area contributed by atoms with Crippen molar-refractivity contribution in [3.63, 3.8) is 0 Å². The number of hydrogen-bond donors (Lipinski definition) is 1. The first-order chi connectivity index (χ1) is 12.0. The zero-order chi connectivity index (χ0) is 18.4. The average molecular weight is 469 g/mol. The lowest BCUT2D eigenvalue weighted by Gasteiger charge is -2.11. The van der Waals surface area contributed by atoms with Gasteiger partial charge in [0.25, 0.3) is 5.91 Å². The van der Waals surface area contributed by atoms with Gasteiger partial charge in [0.05, 0.1) is 17.8 Å². The van der Waals surface area contributed by atoms with Crippen molar-refractivity contribution >= 4 is 51.9 Å². The fourth-order valence-electron chi connectivity index (χ4n) is 2.10. The van der Waals surface area contributed by atoms with Gasteiger partial charge >= 0.3 is 0 Å². The summed E-state index contributed by atoms with van der Waals surface area (Å²) in [6.45, 7) is 0. The van der Waals surface area contributed by atoms with E-state index in [2.05, 4.69) is 27.9 Å². The average Bonchev–Trinajstić information content (AvgIpc) is 2.58. The number of hydrogen-bond acceptors (Lipinski definition) is 4. The summed E-state index contributed by atoms with van der Waals surface area (Å²) < 4.78 is 11.4. The van der Waals surface area contributed by atoms with Crippen LogP contribution in [0.5, 0.6) is 11.5 Å². The van der Waals surface area contributed by atoms with E-state index in [9.17, 15) is 10.1 Å². The first-order valence-electron chi connectivity index (χ1n) is 7.08. The highest BCUT2D eigenvalue weighted by Crippen LogP contribution is 2.34. The Morgan fingerprint density at radius 3 is 2.64 bits per heavy atom. The number of benzene rings is 2. The third-order valence-corrected chi connectivity index (χ3v) is 4.25. The Hall–Kier alpha value is -2.24. The van der Waals surface area contributed by atoms with E-state index in [4.69, 9.17) is 21.1 Å². The van der Waals surface area contributed by atoms with Crippen molar-refractivity contribution in [2.24, 2.45) is 0 Å². The Morgan fingerprint density at radius 2 is 2.04 bits per heavy atom. The van der Waals surface area contributed by atoms with E-state index in [1.807, 2.05) is 6.07 Å². The van der Waals surface area contributed by atoms with Gasteiger partial charge in [-0.05, 0) is 64.6 Å². The predicted octanol–water partition coefficient (Wildman–Crippen LogP) is 4.51. The lowest BCUT2D eigenvalue weighted by atomic mass is 10.1. The van der Waals surface area contributed by atoms with Crippen LogP contribution in [0.3, 0.4) is 0 Å². The Kier molecular flexibility index (Phi) is 6.67. The first-order valence-corrected chi connectivity index (χ1v) is 8.54. The van der Waals surface area contributed by atoms with E-state index in [1.54, 1.807) is 43.5 Å². The molecule has 0 fully saturated rings. The van der Waals surface area contributed by atoms with Crippen molar-refractivity contribution in [1.29, 1.82) is 5.26 Å². The van der Waals surface area contributed by atoms with Crippen LogP contribution in [0, 0.1) is 14.9 Å². The van der Waals surface area contributed by atoms with Gasteiger partial charge in [0, 0.05) is 10.7 Å². The van der Waals surface area contributed by atoms with E-state index in [0.29, 0.717) is 27.8 Å². The molecule has 7 heteroatoms. The molecule has 0 bridgehead atoms. The lowest BCUT2D eigenvalue weighted by molar-refractivity contribution is -0.112. The van der Waals surface area contributed by atoms with Gasteiger partial charge in [-0.2, -0.15) is 5.26 Å². The topological polar surface area (TPSA) is 71.3 Å². The maximum absolute atomic E-state index is 12.3. The van der Waals surface area contributed by atoms with Crippen LogP contribution < -0.4 is 14.8 Å². The molecule has 0 saturated heterocycles. The number of carbonyl (C=O) groups is 1. The molecular weight excluding hydrogens is 455 g/mol. The van der Waals surface area contributed by atoms with Crippen LogP contribution in [-0.4, -0.2) is 20.1 Å². The smallest absolute Gasteiger partial charge is 0.266 e. The van der Waals surface area contributed by atoms with Gasteiger partial charge in [-0.3, -0.25) is 4.79 Å². The van der Waals surface area contributed by atoms with Crippen LogP contribution in [0.4, 0.5) is 5.69 Å². The summed E-state index contributed by atoms with van der Waals surface area (Å²) >= 11 is 7.99. The molecule has 0 saturated carbocycles. The number of nitrogens with one attached hydrogen (secondary N) is 1. The maximum Gasteiger partial charge on any atom is 0.266 e. The zero-order valence-corrected chi connectivity index (χ0v) is 16.4. The maximum atomic E-state index is 12.3. The second-order valence-electron chi connectivity index (χ2n) is 4.87. The molecule has 0 aliphatic heterocycles. The highest BCUT2D eigenvalue weighted by molar-refractivity contribution is 14.1. The van der Waals surface area contributed by atoms with Crippen molar-refractivity contribution in [3.05, 3.63) is 56.1 Å². The third kappa shape index (κ3) is 4.87. The Labute approximate surface area is 164 Å². The molecule has 2 aromatic carbocycles. The molecule has 2 aromatic rings. The minimum Gasteiger partial charge on any atom is -0.493 e.